The van der Waals surface area contributed by atoms with Crippen LogP contribution in [0.5, 0.6) is 0 Å². The molecule has 436 valence electrons. The smallest absolute Gasteiger partial charge is 0.164 e. The van der Waals surface area contributed by atoms with Crippen LogP contribution in [0.15, 0.2) is 296 Å². The molecule has 0 aliphatic heterocycles. The van der Waals surface area contributed by atoms with Crippen LogP contribution in [0.4, 0.5) is 0 Å². The first-order valence-electron chi connectivity index (χ1n) is 31.5. The van der Waals surface area contributed by atoms with Crippen molar-refractivity contribution in [2.75, 3.05) is 0 Å². The Balaban J connectivity index is 0.000000141. The number of rotatable bonds is 8. The molecule has 4 heterocycles. The zero-order valence-electron chi connectivity index (χ0n) is 51.3. The average Bonchev–Trinajstić information content (AvgIpc) is 1.58. The molecule has 0 unspecified atom stereocenters. The number of benzene rings is 12. The van der Waals surface area contributed by atoms with Gasteiger partial charge in [-0.1, -0.05) is 270 Å². The number of fused-ring (bicyclic) bond motifs is 12. The normalized spacial score (nSPS) is 13.2. The second-order valence-corrected chi connectivity index (χ2v) is 26.2. The third-order valence-electron chi connectivity index (χ3n) is 19.1. The van der Waals surface area contributed by atoms with Crippen LogP contribution >= 0.6 is 11.3 Å². The molecule has 0 spiro atoms. The number of para-hydroxylation sites is 1. The fourth-order valence-corrected chi connectivity index (χ4v) is 15.6. The third-order valence-corrected chi connectivity index (χ3v) is 20.3. The highest BCUT2D eigenvalue weighted by Crippen LogP contribution is 2.53. The summed E-state index contributed by atoms with van der Waals surface area (Å²) in [6, 6.07) is 103. The molecule has 92 heavy (non-hydrogen) atoms. The topological polar surface area (TPSA) is 64.7 Å². The van der Waals surface area contributed by atoms with Crippen molar-refractivity contribution in [2.24, 2.45) is 0 Å². The molecule has 4 aromatic heterocycles. The zero-order valence-corrected chi connectivity index (χ0v) is 52.1. The van der Waals surface area contributed by atoms with Crippen molar-refractivity contribution in [3.8, 4) is 112 Å². The minimum atomic E-state index is -0.0843. The monoisotopic (exact) mass is 1200 g/mol. The van der Waals surface area contributed by atoms with Crippen molar-refractivity contribution < 1.29 is 4.42 Å². The Labute approximate surface area is 538 Å². The van der Waals surface area contributed by atoms with E-state index in [4.69, 9.17) is 24.4 Å². The van der Waals surface area contributed by atoms with Crippen LogP contribution in [-0.2, 0) is 10.8 Å². The Bertz CT molecular complexity index is 5110. The summed E-state index contributed by atoms with van der Waals surface area (Å²) < 4.78 is 9.18. The standard InChI is InChI=1S/C43H30N2O.C43H30N2S/c2*1-43(2)35-19-11-9-17-31(35)32-22-21-29(25-36(32)43)30-23-24-34(41-40(30)33-18-10-12-20-39(33)46-41)42-44-37(27-13-5-3-6-14-27)26-38(45-42)28-15-7-4-8-16-28/h2*3-26H,1-2H3. The lowest BCUT2D eigenvalue weighted by Gasteiger charge is -2.22. The Morgan fingerprint density at radius 3 is 1.15 bits per heavy atom. The number of hydrogen-bond acceptors (Lipinski definition) is 6. The van der Waals surface area contributed by atoms with E-state index in [1.807, 2.05) is 72.0 Å². The predicted octanol–water partition coefficient (Wildman–Crippen LogP) is 23.2. The first-order chi connectivity index (χ1) is 45.1. The Morgan fingerprint density at radius 2 is 0.652 bits per heavy atom. The van der Waals surface area contributed by atoms with Gasteiger partial charge in [-0.05, 0) is 115 Å². The van der Waals surface area contributed by atoms with Crippen LogP contribution in [0.3, 0.4) is 0 Å². The molecule has 0 N–H and O–H groups in total. The van der Waals surface area contributed by atoms with Gasteiger partial charge in [0, 0.05) is 69.6 Å². The van der Waals surface area contributed by atoms with E-state index in [1.165, 1.54) is 81.4 Å². The van der Waals surface area contributed by atoms with E-state index in [9.17, 15) is 0 Å². The summed E-state index contributed by atoms with van der Waals surface area (Å²) in [6.45, 7) is 9.35. The van der Waals surface area contributed by atoms with Crippen molar-refractivity contribution in [3.63, 3.8) is 0 Å². The summed E-state index contributed by atoms with van der Waals surface area (Å²) in [4.78, 5) is 20.7. The van der Waals surface area contributed by atoms with Crippen molar-refractivity contribution in [2.45, 2.75) is 38.5 Å². The Kier molecular flexibility index (Phi) is 13.0. The van der Waals surface area contributed by atoms with Crippen LogP contribution in [-0.4, -0.2) is 19.9 Å². The van der Waals surface area contributed by atoms with Crippen LogP contribution < -0.4 is 0 Å². The van der Waals surface area contributed by atoms with Gasteiger partial charge in [0.1, 0.15) is 11.2 Å². The van der Waals surface area contributed by atoms with Gasteiger partial charge in [0.15, 0.2) is 11.6 Å². The van der Waals surface area contributed by atoms with E-state index in [0.29, 0.717) is 5.82 Å². The highest BCUT2D eigenvalue weighted by Gasteiger charge is 2.37. The number of aromatic nitrogens is 4. The fraction of sp³-hybridized carbons (Fsp3) is 0.0698. The molecular formula is C86H60N4OS. The summed E-state index contributed by atoms with van der Waals surface area (Å²) in [5.41, 5.74) is 26.9. The van der Waals surface area contributed by atoms with E-state index in [1.54, 1.807) is 0 Å². The lowest BCUT2D eigenvalue weighted by Crippen LogP contribution is -2.14. The summed E-state index contributed by atoms with van der Waals surface area (Å²) in [5, 5.41) is 4.70. The second-order valence-electron chi connectivity index (χ2n) is 25.2. The molecule has 6 heteroatoms. The maximum atomic E-state index is 6.70. The highest BCUT2D eigenvalue weighted by molar-refractivity contribution is 7.26. The summed E-state index contributed by atoms with van der Waals surface area (Å²) in [7, 11) is 0. The first-order valence-corrected chi connectivity index (χ1v) is 32.3. The van der Waals surface area contributed by atoms with Gasteiger partial charge in [-0.3, -0.25) is 0 Å². The van der Waals surface area contributed by atoms with Crippen LogP contribution in [0.25, 0.3) is 154 Å². The maximum Gasteiger partial charge on any atom is 0.164 e. The number of furan rings is 1. The van der Waals surface area contributed by atoms with Gasteiger partial charge in [-0.2, -0.15) is 0 Å². The molecule has 0 saturated heterocycles. The molecule has 0 atom stereocenters. The van der Waals surface area contributed by atoms with Crippen molar-refractivity contribution in [3.05, 3.63) is 313 Å². The van der Waals surface area contributed by atoms with E-state index in [0.717, 1.165) is 89.5 Å². The molecule has 0 amide bonds. The van der Waals surface area contributed by atoms with Crippen LogP contribution in [0.2, 0.25) is 0 Å². The molecule has 12 aromatic carbocycles. The molecular weight excluding hydrogens is 1140 g/mol. The van der Waals surface area contributed by atoms with Gasteiger partial charge in [0.2, 0.25) is 0 Å². The van der Waals surface area contributed by atoms with Crippen molar-refractivity contribution in [1.82, 2.24) is 19.9 Å². The summed E-state index contributed by atoms with van der Waals surface area (Å²) in [5.74, 6) is 1.38. The average molecular weight is 1200 g/mol. The minimum absolute atomic E-state index is 0.0583. The van der Waals surface area contributed by atoms with Gasteiger partial charge in [-0.25, -0.2) is 19.9 Å². The third kappa shape index (κ3) is 9.12. The van der Waals surface area contributed by atoms with E-state index in [2.05, 4.69) is 258 Å². The van der Waals surface area contributed by atoms with Gasteiger partial charge < -0.3 is 4.42 Å². The maximum absolute atomic E-state index is 6.70. The minimum Gasteiger partial charge on any atom is -0.455 e. The van der Waals surface area contributed by atoms with Gasteiger partial charge >= 0.3 is 0 Å². The molecule has 0 bridgehead atoms. The van der Waals surface area contributed by atoms with Crippen LogP contribution in [0, 0.1) is 0 Å². The van der Waals surface area contributed by atoms with Gasteiger partial charge in [0.25, 0.3) is 0 Å². The lowest BCUT2D eigenvalue weighted by atomic mass is 9.81. The molecule has 0 saturated carbocycles. The first kappa shape index (κ1) is 54.9. The summed E-state index contributed by atoms with van der Waals surface area (Å²) in [6.07, 6.45) is 0. The molecule has 0 fully saturated rings. The predicted molar refractivity (Wildman–Crippen MR) is 383 cm³/mol. The largest absolute Gasteiger partial charge is 0.455 e. The Morgan fingerprint density at radius 1 is 0.283 bits per heavy atom. The SMILES string of the molecule is CC1(C)c2ccccc2-c2ccc(-c3ccc(-c4nc(-c5ccccc5)cc(-c5ccccc5)n4)c4oc5ccccc5c34)cc21.CC1(C)c2ccccc2-c2ccc(-c3ccc(-c4nc(-c5ccccc5)cc(-c5ccccc5)n4)c4sc5ccccc5c34)cc21. The highest BCUT2D eigenvalue weighted by atomic mass is 32.1. The Hall–Kier alpha value is -11.2. The van der Waals surface area contributed by atoms with Crippen molar-refractivity contribution in [1.29, 1.82) is 0 Å². The molecule has 16 aromatic rings. The van der Waals surface area contributed by atoms with Crippen LogP contribution in [0.1, 0.15) is 49.9 Å². The number of thiophene rings is 1. The molecule has 18 rings (SSSR count). The van der Waals surface area contributed by atoms with E-state index >= 15 is 0 Å². The van der Waals surface area contributed by atoms with Crippen molar-refractivity contribution >= 4 is 53.4 Å². The fourth-order valence-electron chi connectivity index (χ4n) is 14.4. The van der Waals surface area contributed by atoms with E-state index in [-0.39, 0.29) is 10.8 Å². The zero-order chi connectivity index (χ0) is 61.7. The van der Waals surface area contributed by atoms with Gasteiger partial charge in [-0.15, -0.1) is 11.3 Å². The number of hydrogen-bond donors (Lipinski definition) is 0. The van der Waals surface area contributed by atoms with E-state index < -0.39 is 0 Å². The molecule has 2 aliphatic carbocycles. The lowest BCUT2D eigenvalue weighted by molar-refractivity contribution is 0.660. The molecule has 2 aliphatic rings. The summed E-state index contributed by atoms with van der Waals surface area (Å²) >= 11 is 1.83. The number of nitrogens with zero attached hydrogens (tertiary/aromatic N) is 4. The molecule has 5 nitrogen and oxygen atoms in total. The molecule has 0 radical (unpaired) electrons. The second kappa shape index (κ2) is 21.8. The van der Waals surface area contributed by atoms with Gasteiger partial charge in [0.05, 0.1) is 28.3 Å². The quantitative estimate of drug-likeness (QED) is 0.152.